The number of aromatic amines is 1. The number of carboxylic acids is 1. The van der Waals surface area contributed by atoms with Crippen molar-refractivity contribution in [1.82, 2.24) is 19.8 Å². The summed E-state index contributed by atoms with van der Waals surface area (Å²) in [6.45, 7) is 4.07. The molecule has 2 N–H and O–H groups in total. The molecule has 2 saturated heterocycles. The molecule has 1 atom stereocenters. The highest BCUT2D eigenvalue weighted by molar-refractivity contribution is 5.87. The van der Waals surface area contributed by atoms with Gasteiger partial charge < -0.3 is 19.9 Å². The van der Waals surface area contributed by atoms with E-state index in [0.29, 0.717) is 12.1 Å². The number of likely N-dealkylation sites (tertiary alicyclic amines) is 2. The maximum Gasteiger partial charge on any atom is 0.403 e. The predicted molar refractivity (Wildman–Crippen MR) is 113 cm³/mol. The second-order valence-electron chi connectivity index (χ2n) is 9.72. The minimum absolute atomic E-state index is 0.0330. The van der Waals surface area contributed by atoms with Gasteiger partial charge in [-0.1, -0.05) is 19.8 Å². The molecule has 1 spiro atoms. The molecule has 5 rings (SSSR count). The second-order valence-corrected chi connectivity index (χ2v) is 9.72. The SMILES string of the molecule is CC1CC1.Cc1ncc[nH]c1=O.O=CN1CC(C(=O)O)C2(C1)CN(C(=O)C1(C(F)(F)F)CC1)C2. The van der Waals surface area contributed by atoms with Crippen LogP contribution in [0.15, 0.2) is 17.2 Å². The molecule has 34 heavy (non-hydrogen) atoms. The topological polar surface area (TPSA) is 124 Å². The summed E-state index contributed by atoms with van der Waals surface area (Å²) in [5.41, 5.74) is -2.69. The van der Waals surface area contributed by atoms with Gasteiger partial charge in [0.25, 0.3) is 5.56 Å². The number of alkyl halides is 3. The van der Waals surface area contributed by atoms with Crippen molar-refractivity contribution >= 4 is 18.3 Å². The van der Waals surface area contributed by atoms with Crippen LogP contribution < -0.4 is 5.56 Å². The fourth-order valence-corrected chi connectivity index (χ4v) is 4.24. The van der Waals surface area contributed by atoms with E-state index in [-0.39, 0.29) is 44.6 Å². The number of hydrogen-bond donors (Lipinski definition) is 2. The molecule has 2 saturated carbocycles. The molecule has 12 heteroatoms. The Labute approximate surface area is 194 Å². The van der Waals surface area contributed by atoms with E-state index < -0.39 is 34.8 Å². The number of carbonyl (C=O) groups excluding carboxylic acids is 2. The average Bonchev–Trinajstić information content (AvgIpc) is 3.66. The lowest BCUT2D eigenvalue weighted by Crippen LogP contribution is -2.65. The van der Waals surface area contributed by atoms with Crippen LogP contribution >= 0.6 is 0 Å². The van der Waals surface area contributed by atoms with Crippen LogP contribution in [0.5, 0.6) is 0 Å². The minimum atomic E-state index is -4.57. The molecule has 0 radical (unpaired) electrons. The zero-order chi connectivity index (χ0) is 25.3. The maximum atomic E-state index is 13.0. The zero-order valence-corrected chi connectivity index (χ0v) is 19.1. The molecule has 4 aliphatic rings. The number of rotatable bonds is 3. The monoisotopic (exact) mass is 486 g/mol. The van der Waals surface area contributed by atoms with Gasteiger partial charge in [0.2, 0.25) is 12.3 Å². The molecule has 2 aliphatic carbocycles. The molecule has 1 aromatic heterocycles. The van der Waals surface area contributed by atoms with E-state index in [9.17, 15) is 37.5 Å². The summed E-state index contributed by atoms with van der Waals surface area (Å²) < 4.78 is 38.9. The van der Waals surface area contributed by atoms with Crippen LogP contribution in [0.2, 0.25) is 0 Å². The fraction of sp³-hybridized carbons (Fsp3) is 0.682. The Hall–Kier alpha value is -2.92. The van der Waals surface area contributed by atoms with Crippen molar-refractivity contribution in [2.45, 2.75) is 45.7 Å². The van der Waals surface area contributed by atoms with Crippen LogP contribution in [0.25, 0.3) is 0 Å². The van der Waals surface area contributed by atoms with Gasteiger partial charge in [-0.3, -0.25) is 24.2 Å². The third kappa shape index (κ3) is 5.25. The number of aryl methyl sites for hydroxylation is 1. The van der Waals surface area contributed by atoms with Crippen molar-refractivity contribution in [2.75, 3.05) is 26.2 Å². The number of amides is 2. The number of halogens is 3. The number of carbonyl (C=O) groups is 3. The van der Waals surface area contributed by atoms with E-state index in [1.54, 1.807) is 13.1 Å². The Morgan fingerprint density at radius 3 is 2.18 bits per heavy atom. The molecule has 0 bridgehead atoms. The number of aliphatic carboxylic acids is 1. The van der Waals surface area contributed by atoms with Crippen molar-refractivity contribution in [3.05, 3.63) is 28.4 Å². The third-order valence-electron chi connectivity index (χ3n) is 6.87. The van der Waals surface area contributed by atoms with Crippen LogP contribution in [0.3, 0.4) is 0 Å². The van der Waals surface area contributed by atoms with Gasteiger partial charge in [-0.25, -0.2) is 0 Å². The van der Waals surface area contributed by atoms with Crippen LogP contribution in [0.1, 0.15) is 38.3 Å². The Morgan fingerprint density at radius 1 is 1.24 bits per heavy atom. The van der Waals surface area contributed by atoms with Gasteiger partial charge in [0.1, 0.15) is 11.1 Å². The standard InChI is InChI=1S/C13H15F3N2O4.C5H6N2O.C4H8/c14-13(15,16)12(1-2-12)10(22)18-5-11(6-18)4-17(7-19)3-8(11)9(20)21;1-4-5(8)7-3-2-6-4;1-4-2-3-4/h7-8H,1-6H2,(H,20,21);2-3H,1H3,(H,7,8);4H,2-3H2,1H3. The van der Waals surface area contributed by atoms with E-state index in [0.717, 1.165) is 10.8 Å². The fourth-order valence-electron chi connectivity index (χ4n) is 4.24. The molecule has 1 unspecified atom stereocenters. The van der Waals surface area contributed by atoms with Gasteiger partial charge in [-0.15, -0.1) is 0 Å². The van der Waals surface area contributed by atoms with Gasteiger partial charge in [0.05, 0.1) is 5.92 Å². The molecule has 1 aromatic rings. The first-order chi connectivity index (χ1) is 15.8. The van der Waals surface area contributed by atoms with Gasteiger partial charge in [-0.2, -0.15) is 13.2 Å². The number of aromatic nitrogens is 2. The number of carboxylic acid groups (broad SMARTS) is 1. The van der Waals surface area contributed by atoms with Crippen LogP contribution in [-0.2, 0) is 14.4 Å². The highest BCUT2D eigenvalue weighted by Gasteiger charge is 2.71. The molecule has 2 amide bonds. The van der Waals surface area contributed by atoms with E-state index >= 15 is 0 Å². The number of H-pyrrole nitrogens is 1. The largest absolute Gasteiger partial charge is 0.481 e. The van der Waals surface area contributed by atoms with Gasteiger partial charge in [0.15, 0.2) is 0 Å². The Balaban J connectivity index is 0.000000220. The van der Waals surface area contributed by atoms with E-state index in [4.69, 9.17) is 0 Å². The summed E-state index contributed by atoms with van der Waals surface area (Å²) in [7, 11) is 0. The first-order valence-electron chi connectivity index (χ1n) is 11.1. The zero-order valence-electron chi connectivity index (χ0n) is 19.1. The maximum absolute atomic E-state index is 13.0. The van der Waals surface area contributed by atoms with Gasteiger partial charge in [0, 0.05) is 44.0 Å². The molecule has 4 fully saturated rings. The summed E-state index contributed by atoms with van der Waals surface area (Å²) in [6.07, 6.45) is 1.59. The number of nitrogens with zero attached hydrogens (tertiary/aromatic N) is 3. The lowest BCUT2D eigenvalue weighted by molar-refractivity contribution is -0.206. The first-order valence-corrected chi connectivity index (χ1v) is 11.1. The molecule has 188 valence electrons. The predicted octanol–water partition coefficient (Wildman–Crippen LogP) is 1.82. The Kier molecular flexibility index (Phi) is 7.09. The van der Waals surface area contributed by atoms with Crippen molar-refractivity contribution in [3.63, 3.8) is 0 Å². The summed E-state index contributed by atoms with van der Waals surface area (Å²) in [4.78, 5) is 53.3. The van der Waals surface area contributed by atoms with Crippen molar-refractivity contribution in [1.29, 1.82) is 0 Å². The average molecular weight is 486 g/mol. The lowest BCUT2D eigenvalue weighted by atomic mass is 9.71. The first kappa shape index (κ1) is 25.7. The van der Waals surface area contributed by atoms with Gasteiger partial charge in [-0.05, 0) is 25.7 Å². The van der Waals surface area contributed by atoms with Gasteiger partial charge >= 0.3 is 12.1 Å². The highest BCUT2D eigenvalue weighted by Crippen LogP contribution is 2.60. The molecule has 2 aliphatic heterocycles. The van der Waals surface area contributed by atoms with Crippen LogP contribution in [0, 0.1) is 29.6 Å². The summed E-state index contributed by atoms with van der Waals surface area (Å²) in [5.74, 6) is -1.81. The van der Waals surface area contributed by atoms with E-state index in [1.165, 1.54) is 23.9 Å². The normalized spacial score (nSPS) is 23.6. The van der Waals surface area contributed by atoms with Crippen molar-refractivity contribution < 1.29 is 32.7 Å². The second kappa shape index (κ2) is 9.38. The molecular formula is C22H29F3N4O5. The van der Waals surface area contributed by atoms with Crippen molar-refractivity contribution in [3.8, 4) is 0 Å². The summed E-state index contributed by atoms with van der Waals surface area (Å²) >= 11 is 0. The van der Waals surface area contributed by atoms with Crippen molar-refractivity contribution in [2.24, 2.45) is 22.7 Å². The molecule has 0 aromatic carbocycles. The molecular weight excluding hydrogens is 457 g/mol. The summed E-state index contributed by atoms with van der Waals surface area (Å²) in [6, 6.07) is 0. The van der Waals surface area contributed by atoms with E-state index in [2.05, 4.69) is 16.9 Å². The van der Waals surface area contributed by atoms with Crippen LogP contribution in [-0.4, -0.2) is 75.5 Å². The smallest absolute Gasteiger partial charge is 0.403 e. The third-order valence-corrected chi connectivity index (χ3v) is 6.87. The minimum Gasteiger partial charge on any atom is -0.481 e. The van der Waals surface area contributed by atoms with E-state index in [1.807, 2.05) is 0 Å². The van der Waals surface area contributed by atoms with Crippen LogP contribution in [0.4, 0.5) is 13.2 Å². The number of nitrogens with one attached hydrogen (secondary N) is 1. The Morgan fingerprint density at radius 2 is 1.82 bits per heavy atom. The highest BCUT2D eigenvalue weighted by atomic mass is 19.4. The molecule has 9 nitrogen and oxygen atoms in total. The lowest BCUT2D eigenvalue weighted by Gasteiger charge is -2.50. The quantitative estimate of drug-likeness (QED) is 0.629. The summed E-state index contributed by atoms with van der Waals surface area (Å²) in [5, 5.41) is 9.23. The number of hydrogen-bond acceptors (Lipinski definition) is 5. The molecule has 3 heterocycles. The Bertz CT molecular complexity index is 981.